The van der Waals surface area contributed by atoms with E-state index in [1.165, 1.54) is 35.0 Å². The lowest BCUT2D eigenvalue weighted by atomic mass is 10.1. The maximum atomic E-state index is 4.78. The third kappa shape index (κ3) is 1.67. The molecule has 0 amide bonds. The number of aromatic amines is 1. The zero-order valence-corrected chi connectivity index (χ0v) is 10.9. The Labute approximate surface area is 111 Å². The molecule has 0 aliphatic heterocycles. The van der Waals surface area contributed by atoms with E-state index in [0.717, 1.165) is 12.1 Å². The van der Waals surface area contributed by atoms with Crippen LogP contribution >= 0.6 is 0 Å². The molecule has 0 unspecified atom stereocenters. The van der Waals surface area contributed by atoms with Gasteiger partial charge in [0.05, 0.1) is 22.9 Å². The lowest BCUT2D eigenvalue weighted by Gasteiger charge is -2.02. The minimum absolute atomic E-state index is 0.611. The van der Waals surface area contributed by atoms with Crippen molar-refractivity contribution in [3.63, 3.8) is 0 Å². The molecule has 1 aliphatic carbocycles. The molecule has 0 spiro atoms. The second-order valence-corrected chi connectivity index (χ2v) is 5.18. The molecule has 0 atom stereocenters. The van der Waals surface area contributed by atoms with Gasteiger partial charge in [-0.1, -0.05) is 19.1 Å². The van der Waals surface area contributed by atoms with Crippen LogP contribution in [0, 0.1) is 0 Å². The molecule has 1 saturated carbocycles. The van der Waals surface area contributed by atoms with Crippen LogP contribution in [0.1, 0.15) is 31.5 Å². The Morgan fingerprint density at radius 3 is 2.89 bits per heavy atom. The van der Waals surface area contributed by atoms with Crippen LogP contribution in [0.5, 0.6) is 0 Å². The van der Waals surface area contributed by atoms with Gasteiger partial charge in [-0.15, -0.1) is 0 Å². The summed E-state index contributed by atoms with van der Waals surface area (Å²) < 4.78 is 2.22. The zero-order chi connectivity index (χ0) is 12.8. The van der Waals surface area contributed by atoms with Gasteiger partial charge in [-0.2, -0.15) is 10.2 Å². The first-order valence-corrected chi connectivity index (χ1v) is 6.87. The van der Waals surface area contributed by atoms with E-state index in [0.29, 0.717) is 6.04 Å². The molecule has 0 bridgehead atoms. The molecule has 0 radical (unpaired) electrons. The highest BCUT2D eigenvalue weighted by atomic mass is 15.3. The lowest BCUT2D eigenvalue weighted by Crippen LogP contribution is -1.96. The van der Waals surface area contributed by atoms with Crippen molar-refractivity contribution in [1.82, 2.24) is 20.0 Å². The Bertz CT molecular complexity index is 720. The molecular formula is C15H16N4. The van der Waals surface area contributed by atoms with Gasteiger partial charge >= 0.3 is 0 Å². The normalized spacial score (nSPS) is 15.2. The van der Waals surface area contributed by atoms with Crippen molar-refractivity contribution in [2.24, 2.45) is 0 Å². The number of benzene rings is 1. The summed E-state index contributed by atoms with van der Waals surface area (Å²) in [5, 5.41) is 13.1. The standard InChI is InChI=1S/C15H16N4/c1-2-13-12-6-3-10(14-7-8-16-17-14)9-15(12)19(18-13)11-4-5-11/h3,6-9,11H,2,4-5H2,1H3,(H,16,17). The second-order valence-electron chi connectivity index (χ2n) is 5.18. The Morgan fingerprint density at radius 2 is 2.21 bits per heavy atom. The van der Waals surface area contributed by atoms with Crippen molar-refractivity contribution in [1.29, 1.82) is 0 Å². The maximum Gasteiger partial charge on any atom is 0.0700 e. The van der Waals surface area contributed by atoms with Crippen LogP contribution in [-0.4, -0.2) is 20.0 Å². The number of rotatable bonds is 3. The molecule has 0 saturated heterocycles. The molecule has 19 heavy (non-hydrogen) atoms. The molecule has 96 valence electrons. The molecule has 1 aromatic carbocycles. The van der Waals surface area contributed by atoms with Gasteiger partial charge in [-0.3, -0.25) is 9.78 Å². The van der Waals surface area contributed by atoms with Gasteiger partial charge < -0.3 is 0 Å². The highest BCUT2D eigenvalue weighted by molar-refractivity contribution is 5.86. The van der Waals surface area contributed by atoms with Crippen molar-refractivity contribution < 1.29 is 0 Å². The van der Waals surface area contributed by atoms with E-state index in [2.05, 4.69) is 40.0 Å². The molecule has 2 aromatic heterocycles. The number of hydrogen-bond donors (Lipinski definition) is 1. The highest BCUT2D eigenvalue weighted by Crippen LogP contribution is 2.38. The van der Waals surface area contributed by atoms with E-state index in [-0.39, 0.29) is 0 Å². The number of aryl methyl sites for hydroxylation is 1. The zero-order valence-electron chi connectivity index (χ0n) is 10.9. The monoisotopic (exact) mass is 252 g/mol. The molecule has 2 heterocycles. The van der Waals surface area contributed by atoms with Crippen LogP contribution in [0.15, 0.2) is 30.5 Å². The minimum Gasteiger partial charge on any atom is -0.278 e. The fourth-order valence-corrected chi connectivity index (χ4v) is 2.65. The number of H-pyrrole nitrogens is 1. The Kier molecular flexibility index (Phi) is 2.24. The quantitative estimate of drug-likeness (QED) is 0.777. The van der Waals surface area contributed by atoms with E-state index in [1.807, 2.05) is 6.07 Å². The summed E-state index contributed by atoms with van der Waals surface area (Å²) in [5.74, 6) is 0. The van der Waals surface area contributed by atoms with Crippen molar-refractivity contribution in [2.45, 2.75) is 32.2 Å². The summed E-state index contributed by atoms with van der Waals surface area (Å²) in [6.07, 6.45) is 5.29. The molecule has 1 N–H and O–H groups in total. The van der Waals surface area contributed by atoms with E-state index >= 15 is 0 Å². The number of fused-ring (bicyclic) bond motifs is 1. The molecular weight excluding hydrogens is 236 g/mol. The predicted octanol–water partition coefficient (Wildman–Crippen LogP) is 3.32. The number of nitrogens with one attached hydrogen (secondary N) is 1. The summed E-state index contributed by atoms with van der Waals surface area (Å²) >= 11 is 0. The number of hydrogen-bond acceptors (Lipinski definition) is 2. The van der Waals surface area contributed by atoms with Gasteiger partial charge in [0.2, 0.25) is 0 Å². The fourth-order valence-electron chi connectivity index (χ4n) is 2.65. The van der Waals surface area contributed by atoms with Crippen LogP contribution in [-0.2, 0) is 6.42 Å². The largest absolute Gasteiger partial charge is 0.278 e. The van der Waals surface area contributed by atoms with E-state index in [9.17, 15) is 0 Å². The van der Waals surface area contributed by atoms with Crippen molar-refractivity contribution in [3.05, 3.63) is 36.2 Å². The Morgan fingerprint density at radius 1 is 1.32 bits per heavy atom. The molecule has 4 rings (SSSR count). The van der Waals surface area contributed by atoms with Gasteiger partial charge in [-0.05, 0) is 31.4 Å². The molecule has 4 heteroatoms. The number of aromatic nitrogens is 4. The first kappa shape index (κ1) is 10.8. The first-order chi connectivity index (χ1) is 9.36. The summed E-state index contributed by atoms with van der Waals surface area (Å²) in [6, 6.07) is 9.18. The highest BCUT2D eigenvalue weighted by Gasteiger charge is 2.27. The summed E-state index contributed by atoms with van der Waals surface area (Å²) in [7, 11) is 0. The third-order valence-corrected chi connectivity index (χ3v) is 3.82. The van der Waals surface area contributed by atoms with E-state index in [1.54, 1.807) is 6.20 Å². The van der Waals surface area contributed by atoms with Crippen molar-refractivity contribution in [3.8, 4) is 11.3 Å². The van der Waals surface area contributed by atoms with E-state index < -0.39 is 0 Å². The molecule has 4 nitrogen and oxygen atoms in total. The lowest BCUT2D eigenvalue weighted by molar-refractivity contribution is 0.653. The van der Waals surface area contributed by atoms with Gasteiger partial charge in [0.1, 0.15) is 0 Å². The van der Waals surface area contributed by atoms with Gasteiger partial charge in [0.15, 0.2) is 0 Å². The summed E-state index contributed by atoms with van der Waals surface area (Å²) in [5.41, 5.74) is 4.70. The summed E-state index contributed by atoms with van der Waals surface area (Å²) in [4.78, 5) is 0. The second kappa shape index (κ2) is 3.95. The Hall–Kier alpha value is -2.10. The van der Waals surface area contributed by atoms with Crippen LogP contribution in [0.4, 0.5) is 0 Å². The average Bonchev–Trinajstić information content (AvgIpc) is 3.03. The van der Waals surface area contributed by atoms with Crippen LogP contribution < -0.4 is 0 Å². The van der Waals surface area contributed by atoms with Gasteiger partial charge in [0.25, 0.3) is 0 Å². The SMILES string of the molecule is CCc1nn(C2CC2)c2cc(-c3ccn[nH]3)ccc12. The Balaban J connectivity index is 1.94. The maximum absolute atomic E-state index is 4.78. The molecule has 3 aromatic rings. The van der Waals surface area contributed by atoms with Gasteiger partial charge in [0, 0.05) is 17.1 Å². The number of nitrogens with zero attached hydrogens (tertiary/aromatic N) is 3. The van der Waals surface area contributed by atoms with Crippen molar-refractivity contribution in [2.75, 3.05) is 0 Å². The van der Waals surface area contributed by atoms with Crippen LogP contribution in [0.2, 0.25) is 0 Å². The fraction of sp³-hybridized carbons (Fsp3) is 0.333. The van der Waals surface area contributed by atoms with Crippen molar-refractivity contribution >= 4 is 10.9 Å². The van der Waals surface area contributed by atoms with E-state index in [4.69, 9.17) is 5.10 Å². The topological polar surface area (TPSA) is 46.5 Å². The average molecular weight is 252 g/mol. The van der Waals surface area contributed by atoms with Crippen LogP contribution in [0.3, 0.4) is 0 Å². The van der Waals surface area contributed by atoms with Crippen LogP contribution in [0.25, 0.3) is 22.2 Å². The first-order valence-electron chi connectivity index (χ1n) is 6.87. The third-order valence-electron chi connectivity index (χ3n) is 3.82. The smallest absolute Gasteiger partial charge is 0.0700 e. The molecule has 1 aliphatic rings. The predicted molar refractivity (Wildman–Crippen MR) is 75.0 cm³/mol. The molecule has 1 fully saturated rings. The summed E-state index contributed by atoms with van der Waals surface area (Å²) in [6.45, 7) is 2.17. The van der Waals surface area contributed by atoms with Gasteiger partial charge in [-0.25, -0.2) is 0 Å². The minimum atomic E-state index is 0.611.